The molecule has 0 saturated heterocycles. The van der Waals surface area contributed by atoms with Crippen LogP contribution in [0.1, 0.15) is 31.2 Å². The third kappa shape index (κ3) is 2.20. The van der Waals surface area contributed by atoms with E-state index in [9.17, 15) is 0 Å². The van der Waals surface area contributed by atoms with E-state index in [2.05, 4.69) is 6.07 Å². The Bertz CT molecular complexity index is 494. The molecule has 94 valence electrons. The molecule has 0 aliphatic heterocycles. The lowest BCUT2D eigenvalue weighted by atomic mass is 9.89. The van der Waals surface area contributed by atoms with Gasteiger partial charge in [0.2, 0.25) is 0 Å². The van der Waals surface area contributed by atoms with Crippen molar-refractivity contribution in [2.24, 2.45) is 17.8 Å². The molecule has 0 aromatic heterocycles. The molecule has 0 amide bonds. The zero-order valence-electron chi connectivity index (χ0n) is 10.2. The minimum atomic E-state index is 0.572. The van der Waals surface area contributed by atoms with Crippen molar-refractivity contribution in [3.8, 4) is 11.8 Å². The molecular weight excluding hydrogens is 246 g/mol. The van der Waals surface area contributed by atoms with Crippen molar-refractivity contribution in [3.05, 3.63) is 28.8 Å². The van der Waals surface area contributed by atoms with Crippen LogP contribution in [0.3, 0.4) is 0 Å². The maximum atomic E-state index is 9.03. The fourth-order valence-corrected chi connectivity index (χ4v) is 3.65. The highest BCUT2D eigenvalue weighted by molar-refractivity contribution is 6.30. The molecule has 2 bridgehead atoms. The van der Waals surface area contributed by atoms with Crippen LogP contribution >= 0.6 is 11.6 Å². The van der Waals surface area contributed by atoms with Gasteiger partial charge < -0.3 is 4.74 Å². The predicted octanol–water partition coefficient (Wildman–Crippen LogP) is 4.03. The van der Waals surface area contributed by atoms with Gasteiger partial charge in [-0.05, 0) is 49.1 Å². The highest BCUT2D eigenvalue weighted by Gasteiger charge is 2.39. The highest BCUT2D eigenvalue weighted by atomic mass is 35.5. The first-order valence-corrected chi connectivity index (χ1v) is 6.96. The normalized spacial score (nSPS) is 29.2. The summed E-state index contributed by atoms with van der Waals surface area (Å²) in [5.74, 6) is 3.08. The number of hydrogen-bond acceptors (Lipinski definition) is 2. The molecule has 1 aromatic rings. The molecule has 3 rings (SSSR count). The molecule has 2 fully saturated rings. The Morgan fingerprint density at radius 3 is 2.89 bits per heavy atom. The van der Waals surface area contributed by atoms with E-state index in [4.69, 9.17) is 21.6 Å². The SMILES string of the molecule is N#Cc1ccc(Cl)cc1OCC1CC2CCC1C2. The van der Waals surface area contributed by atoms with E-state index in [1.54, 1.807) is 18.2 Å². The molecule has 18 heavy (non-hydrogen) atoms. The van der Waals surface area contributed by atoms with E-state index in [-0.39, 0.29) is 0 Å². The first-order chi connectivity index (χ1) is 8.76. The van der Waals surface area contributed by atoms with Crippen molar-refractivity contribution in [3.63, 3.8) is 0 Å². The molecule has 3 atom stereocenters. The molecule has 0 N–H and O–H groups in total. The maximum absolute atomic E-state index is 9.03. The molecule has 0 radical (unpaired) electrons. The van der Waals surface area contributed by atoms with Gasteiger partial charge in [-0.3, -0.25) is 0 Å². The topological polar surface area (TPSA) is 33.0 Å². The Kier molecular flexibility index (Phi) is 3.18. The van der Waals surface area contributed by atoms with E-state index < -0.39 is 0 Å². The fourth-order valence-electron chi connectivity index (χ4n) is 3.49. The highest BCUT2D eigenvalue weighted by Crippen LogP contribution is 2.48. The van der Waals surface area contributed by atoms with Crippen LogP contribution in [0.15, 0.2) is 18.2 Å². The Morgan fingerprint density at radius 2 is 2.22 bits per heavy atom. The fraction of sp³-hybridized carbons (Fsp3) is 0.533. The number of benzene rings is 1. The molecule has 0 heterocycles. The van der Waals surface area contributed by atoms with Gasteiger partial charge >= 0.3 is 0 Å². The van der Waals surface area contributed by atoms with Crippen molar-refractivity contribution in [1.29, 1.82) is 5.26 Å². The minimum Gasteiger partial charge on any atom is -0.492 e. The van der Waals surface area contributed by atoms with E-state index in [0.717, 1.165) is 18.4 Å². The van der Waals surface area contributed by atoms with Gasteiger partial charge in [-0.1, -0.05) is 18.0 Å². The number of halogens is 1. The van der Waals surface area contributed by atoms with E-state index in [1.807, 2.05) is 0 Å². The van der Waals surface area contributed by atoms with Crippen LogP contribution in [-0.4, -0.2) is 6.61 Å². The lowest BCUT2D eigenvalue weighted by Gasteiger charge is -2.22. The number of ether oxygens (including phenoxy) is 1. The lowest BCUT2D eigenvalue weighted by molar-refractivity contribution is 0.195. The van der Waals surface area contributed by atoms with Crippen LogP contribution in [0.25, 0.3) is 0 Å². The van der Waals surface area contributed by atoms with Crippen LogP contribution in [0.2, 0.25) is 5.02 Å². The minimum absolute atomic E-state index is 0.572. The molecule has 2 nitrogen and oxygen atoms in total. The predicted molar refractivity (Wildman–Crippen MR) is 70.6 cm³/mol. The number of rotatable bonds is 3. The third-order valence-corrected chi connectivity index (χ3v) is 4.64. The van der Waals surface area contributed by atoms with Gasteiger partial charge in [0.15, 0.2) is 0 Å². The number of nitrogens with zero attached hydrogens (tertiary/aromatic N) is 1. The summed E-state index contributed by atoms with van der Waals surface area (Å²) in [6.07, 6.45) is 5.45. The zero-order chi connectivity index (χ0) is 12.5. The van der Waals surface area contributed by atoms with Gasteiger partial charge in [0, 0.05) is 11.1 Å². The van der Waals surface area contributed by atoms with Gasteiger partial charge in [0.25, 0.3) is 0 Å². The Morgan fingerprint density at radius 1 is 1.33 bits per heavy atom. The van der Waals surface area contributed by atoms with Crippen molar-refractivity contribution in [2.75, 3.05) is 6.61 Å². The molecular formula is C15H16ClNO. The van der Waals surface area contributed by atoms with Gasteiger partial charge in [-0.25, -0.2) is 0 Å². The van der Waals surface area contributed by atoms with Gasteiger partial charge in [-0.15, -0.1) is 0 Å². The molecule has 2 saturated carbocycles. The number of nitriles is 1. The Hall–Kier alpha value is -1.20. The van der Waals surface area contributed by atoms with Crippen molar-refractivity contribution < 1.29 is 4.74 Å². The second-order valence-electron chi connectivity index (χ2n) is 5.50. The second-order valence-corrected chi connectivity index (χ2v) is 5.93. The van der Waals surface area contributed by atoms with E-state index in [0.29, 0.717) is 22.3 Å². The van der Waals surface area contributed by atoms with Crippen molar-refractivity contribution in [2.45, 2.75) is 25.7 Å². The standard InChI is InChI=1S/C15H16ClNO/c16-14-4-3-12(8-17)15(7-14)18-9-13-6-10-1-2-11(13)5-10/h3-4,7,10-11,13H,1-2,5-6,9H2. The molecule has 3 heteroatoms. The molecule has 0 spiro atoms. The maximum Gasteiger partial charge on any atom is 0.138 e. The number of fused-ring (bicyclic) bond motifs is 2. The third-order valence-electron chi connectivity index (χ3n) is 4.40. The van der Waals surface area contributed by atoms with Crippen LogP contribution in [0, 0.1) is 29.1 Å². The van der Waals surface area contributed by atoms with Gasteiger partial charge in [0.05, 0.1) is 12.2 Å². The summed E-state index contributed by atoms with van der Waals surface area (Å²) in [4.78, 5) is 0. The van der Waals surface area contributed by atoms with Crippen LogP contribution in [0.5, 0.6) is 5.75 Å². The quantitative estimate of drug-likeness (QED) is 0.823. The Balaban J connectivity index is 1.66. The smallest absolute Gasteiger partial charge is 0.138 e. The summed E-state index contributed by atoms with van der Waals surface area (Å²) in [6.45, 7) is 0.732. The average Bonchev–Trinajstić information content (AvgIpc) is 2.98. The zero-order valence-corrected chi connectivity index (χ0v) is 11.0. The summed E-state index contributed by atoms with van der Waals surface area (Å²) >= 11 is 5.94. The lowest BCUT2D eigenvalue weighted by Crippen LogP contribution is -2.18. The molecule has 2 aliphatic carbocycles. The molecule has 2 aliphatic rings. The van der Waals surface area contributed by atoms with Crippen molar-refractivity contribution in [1.82, 2.24) is 0 Å². The van der Waals surface area contributed by atoms with Crippen LogP contribution in [-0.2, 0) is 0 Å². The van der Waals surface area contributed by atoms with Crippen LogP contribution < -0.4 is 4.74 Å². The number of hydrogen-bond donors (Lipinski definition) is 0. The molecule has 3 unspecified atom stereocenters. The Labute approximate surface area is 113 Å². The molecule has 1 aromatic carbocycles. The summed E-state index contributed by atoms with van der Waals surface area (Å²) in [5, 5.41) is 9.66. The average molecular weight is 262 g/mol. The summed E-state index contributed by atoms with van der Waals surface area (Å²) in [7, 11) is 0. The van der Waals surface area contributed by atoms with Gasteiger partial charge in [0.1, 0.15) is 11.8 Å². The summed E-state index contributed by atoms with van der Waals surface area (Å²) < 4.78 is 5.84. The largest absolute Gasteiger partial charge is 0.492 e. The van der Waals surface area contributed by atoms with E-state index in [1.165, 1.54) is 25.7 Å². The summed E-state index contributed by atoms with van der Waals surface area (Å²) in [5.41, 5.74) is 0.572. The monoisotopic (exact) mass is 261 g/mol. The second kappa shape index (κ2) is 4.82. The first kappa shape index (κ1) is 11.9. The van der Waals surface area contributed by atoms with E-state index >= 15 is 0 Å². The summed E-state index contributed by atoms with van der Waals surface area (Å²) in [6, 6.07) is 7.34. The van der Waals surface area contributed by atoms with Crippen molar-refractivity contribution >= 4 is 11.6 Å². The van der Waals surface area contributed by atoms with Crippen LogP contribution in [0.4, 0.5) is 0 Å². The first-order valence-electron chi connectivity index (χ1n) is 6.58. The van der Waals surface area contributed by atoms with Gasteiger partial charge in [-0.2, -0.15) is 5.26 Å².